The molecule has 6 heteroatoms. The highest BCUT2D eigenvalue weighted by Gasteiger charge is 2.26. The third kappa shape index (κ3) is 2.63. The Morgan fingerprint density at radius 2 is 1.84 bits per heavy atom. The fourth-order valence-electron chi connectivity index (χ4n) is 1.79. The highest BCUT2D eigenvalue weighted by molar-refractivity contribution is 7.87. The van der Waals surface area contributed by atoms with Gasteiger partial charge < -0.3 is 8.71 Å². The fraction of sp³-hybridized carbons (Fsp3) is 0.308. The largest absolute Gasteiger partial charge is 0.379 e. The predicted molar refractivity (Wildman–Crippen MR) is 69.7 cm³/mol. The lowest BCUT2D eigenvalue weighted by Gasteiger charge is -2.09. The molecule has 0 radical (unpaired) electrons. The molecule has 0 aliphatic rings. The monoisotopic (exact) mass is 281 g/mol. The molecule has 0 amide bonds. The van der Waals surface area contributed by atoms with E-state index in [0.717, 1.165) is 11.1 Å². The number of aryl methyl sites for hydroxylation is 4. The zero-order valence-electron chi connectivity index (χ0n) is 11.2. The summed E-state index contributed by atoms with van der Waals surface area (Å²) in [5.74, 6) is 0.544. The molecule has 19 heavy (non-hydrogen) atoms. The molecule has 2 rings (SSSR count). The highest BCUT2D eigenvalue weighted by atomic mass is 32.2. The van der Waals surface area contributed by atoms with E-state index in [4.69, 9.17) is 8.71 Å². The standard InChI is InChI=1S/C13H15NO4S/c1-8-5-6-9(2)12(7-8)18-19(15,16)13-10(3)14-17-11(13)4/h5-7H,1-4H3. The van der Waals surface area contributed by atoms with E-state index >= 15 is 0 Å². The molecule has 1 heterocycles. The van der Waals surface area contributed by atoms with Gasteiger partial charge in [0.1, 0.15) is 11.4 Å². The van der Waals surface area contributed by atoms with E-state index in [1.807, 2.05) is 19.1 Å². The van der Waals surface area contributed by atoms with Gasteiger partial charge in [0.2, 0.25) is 0 Å². The second-order valence-electron chi connectivity index (χ2n) is 4.46. The van der Waals surface area contributed by atoms with Gasteiger partial charge in [-0.05, 0) is 44.9 Å². The van der Waals surface area contributed by atoms with E-state index in [1.165, 1.54) is 0 Å². The lowest BCUT2D eigenvalue weighted by molar-refractivity contribution is 0.389. The molecule has 1 aromatic heterocycles. The summed E-state index contributed by atoms with van der Waals surface area (Å²) in [6, 6.07) is 5.39. The maximum absolute atomic E-state index is 12.2. The van der Waals surface area contributed by atoms with Gasteiger partial charge in [0, 0.05) is 0 Å². The van der Waals surface area contributed by atoms with E-state index < -0.39 is 10.1 Å². The van der Waals surface area contributed by atoms with Gasteiger partial charge in [0.15, 0.2) is 10.7 Å². The van der Waals surface area contributed by atoms with E-state index in [0.29, 0.717) is 11.4 Å². The van der Waals surface area contributed by atoms with Crippen LogP contribution in [0.1, 0.15) is 22.6 Å². The fourth-order valence-corrected chi connectivity index (χ4v) is 3.08. The van der Waals surface area contributed by atoms with Crippen molar-refractivity contribution in [2.45, 2.75) is 32.6 Å². The minimum absolute atomic E-state index is 0.00611. The molecule has 0 aliphatic heterocycles. The maximum atomic E-state index is 12.2. The van der Waals surface area contributed by atoms with Crippen molar-refractivity contribution in [2.75, 3.05) is 0 Å². The number of nitrogens with zero attached hydrogens (tertiary/aromatic N) is 1. The lowest BCUT2D eigenvalue weighted by atomic mass is 10.1. The van der Waals surface area contributed by atoms with Gasteiger partial charge in [-0.15, -0.1) is 0 Å². The van der Waals surface area contributed by atoms with Crippen LogP contribution in [0, 0.1) is 27.7 Å². The summed E-state index contributed by atoms with van der Waals surface area (Å²) in [6.07, 6.45) is 0. The molecule has 1 aromatic carbocycles. The van der Waals surface area contributed by atoms with Crippen LogP contribution in [0.25, 0.3) is 0 Å². The number of benzene rings is 1. The maximum Gasteiger partial charge on any atom is 0.344 e. The Morgan fingerprint density at radius 1 is 1.16 bits per heavy atom. The van der Waals surface area contributed by atoms with Crippen LogP contribution in [0.3, 0.4) is 0 Å². The van der Waals surface area contributed by atoms with E-state index in [9.17, 15) is 8.42 Å². The minimum Gasteiger partial charge on any atom is -0.379 e. The average Bonchev–Trinajstić information content (AvgIpc) is 2.64. The Labute approximate surface area is 112 Å². The lowest BCUT2D eigenvalue weighted by Crippen LogP contribution is -2.12. The Hall–Kier alpha value is -1.82. The molecule has 0 spiro atoms. The van der Waals surface area contributed by atoms with E-state index in [-0.39, 0.29) is 10.7 Å². The topological polar surface area (TPSA) is 69.4 Å². The van der Waals surface area contributed by atoms with Crippen molar-refractivity contribution in [3.05, 3.63) is 40.8 Å². The predicted octanol–water partition coefficient (Wildman–Crippen LogP) is 2.68. The zero-order valence-corrected chi connectivity index (χ0v) is 12.0. The van der Waals surface area contributed by atoms with Crippen molar-refractivity contribution in [3.63, 3.8) is 0 Å². The SMILES string of the molecule is Cc1ccc(C)c(OS(=O)(=O)c2c(C)noc2C)c1. The molecule has 0 aliphatic carbocycles. The second kappa shape index (κ2) is 4.70. The summed E-state index contributed by atoms with van der Waals surface area (Å²) < 4.78 is 34.5. The Kier molecular flexibility index (Phi) is 3.36. The van der Waals surface area contributed by atoms with Crippen LogP contribution in [0.4, 0.5) is 0 Å². The van der Waals surface area contributed by atoms with Gasteiger partial charge in [-0.1, -0.05) is 17.3 Å². The van der Waals surface area contributed by atoms with Crippen LogP contribution in [-0.2, 0) is 10.1 Å². The summed E-state index contributed by atoms with van der Waals surface area (Å²) >= 11 is 0. The first kappa shape index (κ1) is 13.6. The molecule has 0 saturated heterocycles. The normalized spacial score (nSPS) is 11.6. The molecule has 2 aromatic rings. The molecular formula is C13H15NO4S. The molecular weight excluding hydrogens is 266 g/mol. The minimum atomic E-state index is -3.93. The molecule has 5 nitrogen and oxygen atoms in total. The summed E-state index contributed by atoms with van der Waals surface area (Å²) in [7, 11) is -3.93. The van der Waals surface area contributed by atoms with Crippen molar-refractivity contribution in [1.29, 1.82) is 0 Å². The van der Waals surface area contributed by atoms with Crippen LogP contribution >= 0.6 is 0 Å². The first-order valence-electron chi connectivity index (χ1n) is 5.76. The number of aromatic nitrogens is 1. The molecule has 0 N–H and O–H groups in total. The first-order valence-corrected chi connectivity index (χ1v) is 7.16. The Bertz CT molecular complexity index is 697. The Morgan fingerprint density at radius 3 is 2.42 bits per heavy atom. The van der Waals surface area contributed by atoms with Crippen molar-refractivity contribution in [2.24, 2.45) is 0 Å². The second-order valence-corrected chi connectivity index (χ2v) is 5.94. The van der Waals surface area contributed by atoms with Crippen molar-refractivity contribution >= 4 is 10.1 Å². The van der Waals surface area contributed by atoms with Crippen LogP contribution in [-0.4, -0.2) is 13.6 Å². The van der Waals surface area contributed by atoms with Crippen LogP contribution in [0.15, 0.2) is 27.6 Å². The molecule has 102 valence electrons. The van der Waals surface area contributed by atoms with Crippen molar-refractivity contribution in [1.82, 2.24) is 5.16 Å². The first-order chi connectivity index (χ1) is 8.81. The van der Waals surface area contributed by atoms with E-state index in [2.05, 4.69) is 5.16 Å². The molecule has 0 unspecified atom stereocenters. The molecule has 0 atom stereocenters. The highest BCUT2D eigenvalue weighted by Crippen LogP contribution is 2.26. The van der Waals surface area contributed by atoms with Gasteiger partial charge in [0.25, 0.3) is 0 Å². The summed E-state index contributed by atoms with van der Waals surface area (Å²) in [5, 5.41) is 3.63. The van der Waals surface area contributed by atoms with Crippen LogP contribution < -0.4 is 4.18 Å². The van der Waals surface area contributed by atoms with Gasteiger partial charge in [-0.25, -0.2) is 0 Å². The molecule has 0 saturated carbocycles. The summed E-state index contributed by atoms with van der Waals surface area (Å²) in [5.41, 5.74) is 1.97. The van der Waals surface area contributed by atoms with Crippen molar-refractivity contribution < 1.29 is 17.1 Å². The summed E-state index contributed by atoms with van der Waals surface area (Å²) in [6.45, 7) is 6.77. The van der Waals surface area contributed by atoms with Crippen LogP contribution in [0.5, 0.6) is 5.75 Å². The van der Waals surface area contributed by atoms with Crippen LogP contribution in [0.2, 0.25) is 0 Å². The van der Waals surface area contributed by atoms with E-state index in [1.54, 1.807) is 26.8 Å². The quantitative estimate of drug-likeness (QED) is 0.809. The third-order valence-electron chi connectivity index (χ3n) is 2.76. The molecule has 0 fully saturated rings. The number of hydrogen-bond acceptors (Lipinski definition) is 5. The number of hydrogen-bond donors (Lipinski definition) is 0. The smallest absolute Gasteiger partial charge is 0.344 e. The zero-order chi connectivity index (χ0) is 14.2. The average molecular weight is 281 g/mol. The van der Waals surface area contributed by atoms with Gasteiger partial charge in [-0.2, -0.15) is 8.42 Å². The van der Waals surface area contributed by atoms with Crippen molar-refractivity contribution in [3.8, 4) is 5.75 Å². The summed E-state index contributed by atoms with van der Waals surface area (Å²) in [4.78, 5) is -0.00611. The third-order valence-corrected chi connectivity index (χ3v) is 4.24. The molecule has 0 bridgehead atoms. The van der Waals surface area contributed by atoms with Gasteiger partial charge in [-0.3, -0.25) is 0 Å². The Balaban J connectivity index is 2.45. The van der Waals surface area contributed by atoms with Gasteiger partial charge >= 0.3 is 10.1 Å². The van der Waals surface area contributed by atoms with Gasteiger partial charge in [0.05, 0.1) is 0 Å². The number of rotatable bonds is 3.